The van der Waals surface area contributed by atoms with Crippen molar-refractivity contribution < 1.29 is 19.4 Å². The molecule has 1 amide bonds. The van der Waals surface area contributed by atoms with Gasteiger partial charge in [0.25, 0.3) is 5.91 Å². The highest BCUT2D eigenvalue weighted by Crippen LogP contribution is 2.21. The van der Waals surface area contributed by atoms with Gasteiger partial charge in [0.15, 0.2) is 0 Å². The van der Waals surface area contributed by atoms with Gasteiger partial charge in [-0.15, -0.1) is 11.3 Å². The minimum atomic E-state index is -1.03. The van der Waals surface area contributed by atoms with Crippen LogP contribution in [0.2, 0.25) is 0 Å². The molecule has 1 aromatic heterocycles. The van der Waals surface area contributed by atoms with E-state index in [1.165, 1.54) is 11.3 Å². The summed E-state index contributed by atoms with van der Waals surface area (Å²) in [6.07, 6.45) is 1.56. The number of nitrogens with zero attached hydrogens (tertiary/aromatic N) is 1. The minimum absolute atomic E-state index is 0.191. The van der Waals surface area contributed by atoms with E-state index >= 15 is 0 Å². The molecular formula is C14H20N2O4S. The summed E-state index contributed by atoms with van der Waals surface area (Å²) in [5, 5.41) is 14.4. The molecule has 0 aliphatic carbocycles. The molecule has 0 saturated carbocycles. The third-order valence-corrected chi connectivity index (χ3v) is 4.61. The van der Waals surface area contributed by atoms with Crippen LogP contribution in [0.15, 0.2) is 5.38 Å². The number of amides is 1. The van der Waals surface area contributed by atoms with Crippen LogP contribution in [0.3, 0.4) is 0 Å². The number of carboxylic acid groups (broad SMARTS) is 1. The molecule has 2 N–H and O–H groups in total. The lowest BCUT2D eigenvalue weighted by atomic mass is 9.93. The number of hydrogen-bond acceptors (Lipinski definition) is 5. The summed E-state index contributed by atoms with van der Waals surface area (Å²) in [6, 6.07) is -0.929. The SMILES string of the molecule is CC(C)c1nc(C(=O)NC(C(=O)O)C2CCCOC2)cs1. The molecule has 1 aliphatic rings. The summed E-state index contributed by atoms with van der Waals surface area (Å²) in [5.41, 5.74) is 0.284. The standard InChI is InChI=1S/C14H20N2O4S/c1-8(2)13-15-10(7-21-13)12(17)16-11(14(18)19)9-4-3-5-20-6-9/h7-9,11H,3-6H2,1-2H3,(H,16,17)(H,18,19). The first-order valence-corrected chi connectivity index (χ1v) is 7.94. The van der Waals surface area contributed by atoms with Crippen LogP contribution in [0.25, 0.3) is 0 Å². The molecule has 6 nitrogen and oxygen atoms in total. The van der Waals surface area contributed by atoms with Gasteiger partial charge in [0.05, 0.1) is 11.6 Å². The first-order valence-electron chi connectivity index (χ1n) is 7.06. The smallest absolute Gasteiger partial charge is 0.326 e. The maximum Gasteiger partial charge on any atom is 0.326 e. The van der Waals surface area contributed by atoms with Gasteiger partial charge in [0.1, 0.15) is 11.7 Å². The molecule has 1 fully saturated rings. The number of carboxylic acids is 1. The Kier molecular flexibility index (Phi) is 5.30. The van der Waals surface area contributed by atoms with Gasteiger partial charge in [-0.05, 0) is 12.8 Å². The average molecular weight is 312 g/mol. The molecule has 1 aromatic rings. The molecule has 0 radical (unpaired) electrons. The number of rotatable bonds is 5. The second-order valence-electron chi connectivity index (χ2n) is 5.49. The number of thiazole rings is 1. The summed E-state index contributed by atoms with van der Waals surface area (Å²) in [5.74, 6) is -1.41. The van der Waals surface area contributed by atoms with Gasteiger partial charge in [0.2, 0.25) is 0 Å². The summed E-state index contributed by atoms with van der Waals surface area (Å²) >= 11 is 1.41. The molecule has 0 bridgehead atoms. The maximum atomic E-state index is 12.2. The summed E-state index contributed by atoms with van der Waals surface area (Å²) in [6.45, 7) is 5.02. The van der Waals surface area contributed by atoms with Gasteiger partial charge in [-0.3, -0.25) is 4.79 Å². The molecule has 2 heterocycles. The van der Waals surface area contributed by atoms with Crippen molar-refractivity contribution in [1.82, 2.24) is 10.3 Å². The zero-order valence-corrected chi connectivity index (χ0v) is 13.0. The van der Waals surface area contributed by atoms with Crippen molar-refractivity contribution in [1.29, 1.82) is 0 Å². The first-order chi connectivity index (χ1) is 9.99. The number of aromatic nitrogens is 1. The topological polar surface area (TPSA) is 88.5 Å². The van der Waals surface area contributed by atoms with Crippen molar-refractivity contribution in [2.45, 2.75) is 38.6 Å². The second kappa shape index (κ2) is 7.00. The number of ether oxygens (including phenoxy) is 1. The summed E-state index contributed by atoms with van der Waals surface area (Å²) in [7, 11) is 0. The van der Waals surface area contributed by atoms with Gasteiger partial charge < -0.3 is 15.2 Å². The number of carbonyl (C=O) groups excluding carboxylic acids is 1. The number of carbonyl (C=O) groups is 2. The van der Waals surface area contributed by atoms with Gasteiger partial charge in [-0.25, -0.2) is 9.78 Å². The highest BCUT2D eigenvalue weighted by molar-refractivity contribution is 7.09. The molecule has 1 aliphatic heterocycles. The van der Waals surface area contributed by atoms with Crippen LogP contribution in [0, 0.1) is 5.92 Å². The van der Waals surface area contributed by atoms with Crippen molar-refractivity contribution in [2.24, 2.45) is 5.92 Å². The van der Waals surface area contributed by atoms with Crippen molar-refractivity contribution in [3.8, 4) is 0 Å². The van der Waals surface area contributed by atoms with Crippen LogP contribution in [0.1, 0.15) is 48.1 Å². The largest absolute Gasteiger partial charge is 0.480 e. The molecule has 0 spiro atoms. The van der Waals surface area contributed by atoms with E-state index in [-0.39, 0.29) is 17.5 Å². The van der Waals surface area contributed by atoms with Crippen LogP contribution in [0.4, 0.5) is 0 Å². The maximum absolute atomic E-state index is 12.2. The van der Waals surface area contributed by atoms with Crippen molar-refractivity contribution in [3.05, 3.63) is 16.1 Å². The van der Waals surface area contributed by atoms with Crippen molar-refractivity contribution in [2.75, 3.05) is 13.2 Å². The third kappa shape index (κ3) is 4.01. The molecule has 2 atom stereocenters. The molecule has 1 saturated heterocycles. The lowest BCUT2D eigenvalue weighted by Crippen LogP contribution is -2.48. The number of hydrogen-bond donors (Lipinski definition) is 2. The Labute approximate surface area is 127 Å². The number of aliphatic carboxylic acids is 1. The molecule has 2 unspecified atom stereocenters. The Bertz CT molecular complexity index is 509. The minimum Gasteiger partial charge on any atom is -0.480 e. The fraction of sp³-hybridized carbons (Fsp3) is 0.643. The van der Waals surface area contributed by atoms with E-state index < -0.39 is 17.9 Å². The zero-order chi connectivity index (χ0) is 15.4. The Morgan fingerprint density at radius 2 is 2.29 bits per heavy atom. The molecule has 0 aromatic carbocycles. The highest BCUT2D eigenvalue weighted by Gasteiger charge is 2.32. The van der Waals surface area contributed by atoms with Crippen molar-refractivity contribution in [3.63, 3.8) is 0 Å². The van der Waals surface area contributed by atoms with E-state index in [1.807, 2.05) is 13.8 Å². The zero-order valence-electron chi connectivity index (χ0n) is 12.2. The van der Waals surface area contributed by atoms with E-state index in [9.17, 15) is 14.7 Å². The van der Waals surface area contributed by atoms with E-state index in [1.54, 1.807) is 5.38 Å². The predicted octanol–water partition coefficient (Wildman–Crippen LogP) is 1.88. The summed E-state index contributed by atoms with van der Waals surface area (Å²) in [4.78, 5) is 27.8. The highest BCUT2D eigenvalue weighted by atomic mass is 32.1. The quantitative estimate of drug-likeness (QED) is 0.866. The van der Waals surface area contributed by atoms with E-state index in [0.717, 1.165) is 17.8 Å². The van der Waals surface area contributed by atoms with Crippen LogP contribution >= 0.6 is 11.3 Å². The van der Waals surface area contributed by atoms with Gasteiger partial charge >= 0.3 is 5.97 Å². The summed E-state index contributed by atoms with van der Waals surface area (Å²) < 4.78 is 5.31. The van der Waals surface area contributed by atoms with Gasteiger partial charge in [-0.1, -0.05) is 13.8 Å². The van der Waals surface area contributed by atoms with Crippen LogP contribution in [0.5, 0.6) is 0 Å². The van der Waals surface area contributed by atoms with E-state index in [2.05, 4.69) is 10.3 Å². The predicted molar refractivity (Wildman–Crippen MR) is 78.6 cm³/mol. The monoisotopic (exact) mass is 312 g/mol. The molecule has 7 heteroatoms. The lowest BCUT2D eigenvalue weighted by Gasteiger charge is -2.27. The fourth-order valence-electron chi connectivity index (χ4n) is 2.28. The second-order valence-corrected chi connectivity index (χ2v) is 6.38. The Morgan fingerprint density at radius 1 is 1.52 bits per heavy atom. The average Bonchev–Trinajstić information content (AvgIpc) is 2.95. The molecular weight excluding hydrogens is 292 g/mol. The van der Waals surface area contributed by atoms with E-state index in [4.69, 9.17) is 4.74 Å². The van der Waals surface area contributed by atoms with Crippen LogP contribution in [-0.4, -0.2) is 41.2 Å². The molecule has 21 heavy (non-hydrogen) atoms. The fourth-order valence-corrected chi connectivity index (χ4v) is 3.10. The lowest BCUT2D eigenvalue weighted by molar-refractivity contribution is -0.142. The Hall–Kier alpha value is -1.47. The Morgan fingerprint density at radius 3 is 2.81 bits per heavy atom. The molecule has 116 valence electrons. The van der Waals surface area contributed by atoms with Crippen LogP contribution in [-0.2, 0) is 9.53 Å². The number of nitrogens with one attached hydrogen (secondary N) is 1. The third-order valence-electron chi connectivity index (χ3n) is 3.47. The normalized spacial score (nSPS) is 20.2. The van der Waals surface area contributed by atoms with Gasteiger partial charge in [-0.2, -0.15) is 0 Å². The van der Waals surface area contributed by atoms with Crippen LogP contribution < -0.4 is 5.32 Å². The van der Waals surface area contributed by atoms with Gasteiger partial charge in [0, 0.05) is 23.8 Å². The van der Waals surface area contributed by atoms with E-state index in [0.29, 0.717) is 13.2 Å². The molecule has 2 rings (SSSR count). The van der Waals surface area contributed by atoms with Crippen molar-refractivity contribution >= 4 is 23.2 Å². The first kappa shape index (κ1) is 15.9. The Balaban J connectivity index is 2.04.